The van der Waals surface area contributed by atoms with Gasteiger partial charge in [0.25, 0.3) is 0 Å². The van der Waals surface area contributed by atoms with E-state index >= 15 is 0 Å². The van der Waals surface area contributed by atoms with Crippen LogP contribution >= 0.6 is 0 Å². The van der Waals surface area contributed by atoms with Crippen LogP contribution in [0.25, 0.3) is 142 Å². The standard InChI is InChI=1S/C64H38/c1-2-9-39(10-3-1)40-19-21-41(22-20-40)51-17-8-18-55-58(51)37-50(54-32-28-47-26-24-43-13-7-15-45-30-34-57(54)64(47)62(43)45)38-60(55)59-36-49(35-48-11-4-5-16-52(48)59)53-31-27-46-25-23-42-12-6-14-44-29-33-56(53)63(46)61(42)44/h1-38H. The zero-order valence-electron chi connectivity index (χ0n) is 34.9. The van der Waals surface area contributed by atoms with Crippen LogP contribution in [-0.4, -0.2) is 0 Å². The molecule has 0 aliphatic carbocycles. The predicted molar refractivity (Wildman–Crippen MR) is 276 cm³/mol. The lowest BCUT2D eigenvalue weighted by atomic mass is 9.84. The molecule has 14 aromatic rings. The molecule has 0 unspecified atom stereocenters. The minimum Gasteiger partial charge on any atom is -0.0622 e. The van der Waals surface area contributed by atoms with E-state index in [0.717, 1.165) is 0 Å². The Morgan fingerprint density at radius 3 is 1.20 bits per heavy atom. The molecule has 0 bridgehead atoms. The Bertz CT molecular complexity index is 4120. The SMILES string of the molecule is c1ccc(-c2ccc(-c3cccc4c(-c5cc(-c6ccc7ccc8cccc9ccc6c7c89)cc6ccccc56)cc(-c5ccc6ccc7cccc8ccc5c6c78)cc34)cc2)cc1. The van der Waals surface area contributed by atoms with Crippen LogP contribution in [0.2, 0.25) is 0 Å². The lowest BCUT2D eigenvalue weighted by Crippen LogP contribution is -1.92. The highest BCUT2D eigenvalue weighted by molar-refractivity contribution is 6.27. The van der Waals surface area contributed by atoms with Gasteiger partial charge in [-0.25, -0.2) is 0 Å². The fraction of sp³-hybridized carbons (Fsp3) is 0. The van der Waals surface area contributed by atoms with Crippen molar-refractivity contribution >= 4 is 86.2 Å². The fourth-order valence-corrected chi connectivity index (χ4v) is 11.2. The van der Waals surface area contributed by atoms with Gasteiger partial charge >= 0.3 is 0 Å². The van der Waals surface area contributed by atoms with Crippen molar-refractivity contribution in [2.24, 2.45) is 0 Å². The maximum atomic E-state index is 2.48. The second-order valence-electron chi connectivity index (χ2n) is 17.6. The summed E-state index contributed by atoms with van der Waals surface area (Å²) in [5, 5.41) is 20.6. The Morgan fingerprint density at radius 2 is 0.578 bits per heavy atom. The van der Waals surface area contributed by atoms with E-state index in [-0.39, 0.29) is 0 Å². The Balaban J connectivity index is 1.06. The molecule has 0 radical (unpaired) electrons. The molecule has 0 amide bonds. The summed E-state index contributed by atoms with van der Waals surface area (Å²) >= 11 is 0. The van der Waals surface area contributed by atoms with E-state index in [1.54, 1.807) is 0 Å². The van der Waals surface area contributed by atoms with Crippen LogP contribution in [0.1, 0.15) is 0 Å². The van der Waals surface area contributed by atoms with Crippen molar-refractivity contribution in [3.63, 3.8) is 0 Å². The van der Waals surface area contributed by atoms with E-state index in [2.05, 4.69) is 231 Å². The Labute approximate surface area is 370 Å². The zero-order chi connectivity index (χ0) is 41.9. The molecule has 14 aromatic carbocycles. The van der Waals surface area contributed by atoms with Gasteiger partial charge in [-0.1, -0.05) is 206 Å². The minimum absolute atomic E-state index is 1.20. The van der Waals surface area contributed by atoms with Gasteiger partial charge in [0.05, 0.1) is 0 Å². The lowest BCUT2D eigenvalue weighted by molar-refractivity contribution is 1.60. The molecule has 0 aliphatic heterocycles. The zero-order valence-corrected chi connectivity index (χ0v) is 34.9. The van der Waals surface area contributed by atoms with E-state index in [4.69, 9.17) is 0 Å². The molecule has 0 aliphatic rings. The molecular formula is C64H38. The van der Waals surface area contributed by atoms with Gasteiger partial charge in [0, 0.05) is 0 Å². The molecule has 0 atom stereocenters. The maximum Gasteiger partial charge on any atom is -0.00206 e. The van der Waals surface area contributed by atoms with Gasteiger partial charge in [0.15, 0.2) is 0 Å². The van der Waals surface area contributed by atoms with Crippen molar-refractivity contribution < 1.29 is 0 Å². The number of hydrogen-bond acceptors (Lipinski definition) is 0. The normalized spacial score (nSPS) is 12.1. The third-order valence-electron chi connectivity index (χ3n) is 14.1. The molecule has 0 saturated heterocycles. The van der Waals surface area contributed by atoms with E-state index in [0.29, 0.717) is 0 Å². The first-order chi connectivity index (χ1) is 31.7. The molecule has 294 valence electrons. The van der Waals surface area contributed by atoms with Crippen LogP contribution in [0, 0.1) is 0 Å². The second kappa shape index (κ2) is 13.6. The molecule has 0 aromatic heterocycles. The van der Waals surface area contributed by atoms with E-state index in [1.807, 2.05) is 0 Å². The van der Waals surface area contributed by atoms with Gasteiger partial charge in [-0.3, -0.25) is 0 Å². The number of rotatable bonds is 5. The van der Waals surface area contributed by atoms with Crippen LogP contribution in [0.4, 0.5) is 0 Å². The van der Waals surface area contributed by atoms with Crippen molar-refractivity contribution in [3.05, 3.63) is 231 Å². The molecule has 0 fully saturated rings. The van der Waals surface area contributed by atoms with Gasteiger partial charge in [-0.2, -0.15) is 0 Å². The van der Waals surface area contributed by atoms with Crippen molar-refractivity contribution in [3.8, 4) is 55.6 Å². The van der Waals surface area contributed by atoms with Gasteiger partial charge < -0.3 is 0 Å². The molecule has 0 heteroatoms. The largest absolute Gasteiger partial charge is 0.0622 e. The third-order valence-corrected chi connectivity index (χ3v) is 14.1. The van der Waals surface area contributed by atoms with E-state index < -0.39 is 0 Å². The molecule has 64 heavy (non-hydrogen) atoms. The quantitative estimate of drug-likeness (QED) is 0.152. The van der Waals surface area contributed by atoms with E-state index in [1.165, 1.54) is 142 Å². The molecule has 14 rings (SSSR count). The van der Waals surface area contributed by atoms with Crippen LogP contribution in [0.5, 0.6) is 0 Å². The van der Waals surface area contributed by atoms with Crippen LogP contribution < -0.4 is 0 Å². The monoisotopic (exact) mass is 806 g/mol. The molecule has 0 spiro atoms. The highest BCUT2D eigenvalue weighted by atomic mass is 14.2. The first-order valence-electron chi connectivity index (χ1n) is 22.3. The summed E-state index contributed by atoms with van der Waals surface area (Å²) < 4.78 is 0. The molecular weight excluding hydrogens is 769 g/mol. The van der Waals surface area contributed by atoms with Crippen LogP contribution in [0.15, 0.2) is 231 Å². The number of hydrogen-bond donors (Lipinski definition) is 0. The predicted octanol–water partition coefficient (Wildman–Crippen LogP) is 18.1. The van der Waals surface area contributed by atoms with Gasteiger partial charge in [0.2, 0.25) is 0 Å². The summed E-state index contributed by atoms with van der Waals surface area (Å²) in [4.78, 5) is 0. The van der Waals surface area contributed by atoms with Gasteiger partial charge in [-0.05, 0) is 166 Å². The Hall–Kier alpha value is -8.32. The van der Waals surface area contributed by atoms with Crippen molar-refractivity contribution in [2.45, 2.75) is 0 Å². The number of benzene rings is 14. The highest BCUT2D eigenvalue weighted by Crippen LogP contribution is 2.47. The summed E-state index contributed by atoms with van der Waals surface area (Å²) in [5.74, 6) is 0. The van der Waals surface area contributed by atoms with Crippen LogP contribution in [-0.2, 0) is 0 Å². The minimum atomic E-state index is 1.20. The fourth-order valence-electron chi connectivity index (χ4n) is 11.2. The lowest BCUT2D eigenvalue weighted by Gasteiger charge is -2.19. The first-order valence-corrected chi connectivity index (χ1v) is 22.3. The van der Waals surface area contributed by atoms with Gasteiger partial charge in [-0.15, -0.1) is 0 Å². The maximum absolute atomic E-state index is 2.48. The molecule has 0 saturated carbocycles. The molecule has 0 N–H and O–H groups in total. The number of fused-ring (bicyclic) bond motifs is 2. The highest BCUT2D eigenvalue weighted by Gasteiger charge is 2.20. The second-order valence-corrected chi connectivity index (χ2v) is 17.6. The first kappa shape index (κ1) is 35.3. The smallest absolute Gasteiger partial charge is 0.00206 e. The van der Waals surface area contributed by atoms with Gasteiger partial charge in [0.1, 0.15) is 0 Å². The average Bonchev–Trinajstić information content (AvgIpc) is 3.36. The topological polar surface area (TPSA) is 0 Å². The Kier molecular flexibility index (Phi) is 7.49. The summed E-state index contributed by atoms with van der Waals surface area (Å²) in [6.07, 6.45) is 0. The molecule has 0 nitrogen and oxygen atoms in total. The Morgan fingerprint density at radius 1 is 0.156 bits per heavy atom. The third kappa shape index (κ3) is 5.24. The average molecular weight is 807 g/mol. The summed E-state index contributed by atoms with van der Waals surface area (Å²) in [6, 6.07) is 86.5. The van der Waals surface area contributed by atoms with Crippen molar-refractivity contribution in [1.82, 2.24) is 0 Å². The van der Waals surface area contributed by atoms with Crippen LogP contribution in [0.3, 0.4) is 0 Å². The summed E-state index contributed by atoms with van der Waals surface area (Å²) in [6.45, 7) is 0. The van der Waals surface area contributed by atoms with Crippen molar-refractivity contribution in [1.29, 1.82) is 0 Å². The van der Waals surface area contributed by atoms with E-state index in [9.17, 15) is 0 Å². The summed E-state index contributed by atoms with van der Waals surface area (Å²) in [7, 11) is 0. The molecule has 0 heterocycles. The summed E-state index contributed by atoms with van der Waals surface area (Å²) in [5.41, 5.74) is 12.3. The van der Waals surface area contributed by atoms with Crippen molar-refractivity contribution in [2.75, 3.05) is 0 Å².